The van der Waals surface area contributed by atoms with Crippen molar-refractivity contribution in [3.63, 3.8) is 0 Å². The molecular formula is C17H19F3N6. The molecule has 138 valence electrons. The fraction of sp³-hybridized carbons (Fsp3) is 0.294. The van der Waals surface area contributed by atoms with E-state index in [-0.39, 0.29) is 18.2 Å². The Morgan fingerprint density at radius 3 is 2.96 bits per heavy atom. The summed E-state index contributed by atoms with van der Waals surface area (Å²) < 4.78 is 39.6. The molecular weight excluding hydrogens is 345 g/mol. The first-order chi connectivity index (χ1) is 12.6. The SMILES string of the molecule is CN=C(NCCc1c[nH]c2cc(F)ccc12)NCc1nccn1C(F)F. The Morgan fingerprint density at radius 2 is 2.19 bits per heavy atom. The Hall–Kier alpha value is -2.97. The molecule has 0 unspecified atom stereocenters. The third-order valence-corrected chi connectivity index (χ3v) is 4.01. The van der Waals surface area contributed by atoms with E-state index in [9.17, 15) is 13.2 Å². The van der Waals surface area contributed by atoms with Gasteiger partial charge in [0.1, 0.15) is 11.6 Å². The van der Waals surface area contributed by atoms with Gasteiger partial charge in [-0.1, -0.05) is 0 Å². The summed E-state index contributed by atoms with van der Waals surface area (Å²) in [5.74, 6) is 0.428. The topological polar surface area (TPSA) is 70.0 Å². The second kappa shape index (κ2) is 7.94. The quantitative estimate of drug-likeness (QED) is 0.465. The molecule has 3 N–H and O–H groups in total. The van der Waals surface area contributed by atoms with Gasteiger partial charge in [0.15, 0.2) is 5.96 Å². The molecule has 0 aliphatic rings. The molecule has 0 atom stereocenters. The molecule has 0 saturated heterocycles. The molecule has 0 fully saturated rings. The number of guanidine groups is 1. The van der Waals surface area contributed by atoms with Gasteiger partial charge in [-0.15, -0.1) is 0 Å². The van der Waals surface area contributed by atoms with E-state index >= 15 is 0 Å². The Morgan fingerprint density at radius 1 is 1.35 bits per heavy atom. The summed E-state index contributed by atoms with van der Waals surface area (Å²) in [7, 11) is 1.60. The van der Waals surface area contributed by atoms with Gasteiger partial charge in [-0.25, -0.2) is 9.37 Å². The minimum absolute atomic E-state index is 0.128. The van der Waals surface area contributed by atoms with E-state index in [1.54, 1.807) is 13.1 Å². The summed E-state index contributed by atoms with van der Waals surface area (Å²) >= 11 is 0. The number of aromatic amines is 1. The lowest BCUT2D eigenvalue weighted by Crippen LogP contribution is -2.38. The third-order valence-electron chi connectivity index (χ3n) is 4.01. The van der Waals surface area contributed by atoms with Gasteiger partial charge in [-0.3, -0.25) is 9.56 Å². The lowest BCUT2D eigenvalue weighted by Gasteiger charge is -2.12. The first kappa shape index (κ1) is 17.8. The first-order valence-corrected chi connectivity index (χ1v) is 8.08. The molecule has 0 saturated carbocycles. The predicted octanol–water partition coefficient (Wildman–Crippen LogP) is 2.81. The summed E-state index contributed by atoms with van der Waals surface area (Å²) in [6.07, 6.45) is 5.11. The molecule has 2 heterocycles. The van der Waals surface area contributed by atoms with Crippen LogP contribution in [0, 0.1) is 5.82 Å². The average molecular weight is 364 g/mol. The zero-order valence-corrected chi connectivity index (χ0v) is 14.1. The number of hydrogen-bond acceptors (Lipinski definition) is 2. The molecule has 0 spiro atoms. The molecule has 3 aromatic rings. The van der Waals surface area contributed by atoms with Crippen molar-refractivity contribution in [1.82, 2.24) is 25.2 Å². The smallest absolute Gasteiger partial charge is 0.319 e. The number of aliphatic imine (C=N–C) groups is 1. The van der Waals surface area contributed by atoms with Gasteiger partial charge in [-0.05, 0) is 30.2 Å². The van der Waals surface area contributed by atoms with Crippen LogP contribution in [-0.2, 0) is 13.0 Å². The molecule has 26 heavy (non-hydrogen) atoms. The van der Waals surface area contributed by atoms with E-state index in [4.69, 9.17) is 0 Å². The van der Waals surface area contributed by atoms with Crippen molar-refractivity contribution in [2.45, 2.75) is 19.5 Å². The molecule has 1 aromatic carbocycles. The highest BCUT2D eigenvalue weighted by atomic mass is 19.3. The molecule has 0 aliphatic heterocycles. The van der Waals surface area contributed by atoms with Crippen molar-refractivity contribution >= 4 is 16.9 Å². The predicted molar refractivity (Wildman–Crippen MR) is 93.6 cm³/mol. The van der Waals surface area contributed by atoms with Gasteiger partial charge < -0.3 is 15.6 Å². The number of nitrogens with zero attached hydrogens (tertiary/aromatic N) is 3. The van der Waals surface area contributed by atoms with Crippen molar-refractivity contribution < 1.29 is 13.2 Å². The van der Waals surface area contributed by atoms with Crippen molar-refractivity contribution in [2.75, 3.05) is 13.6 Å². The number of imidazole rings is 1. The van der Waals surface area contributed by atoms with Gasteiger partial charge in [-0.2, -0.15) is 8.78 Å². The summed E-state index contributed by atoms with van der Waals surface area (Å²) in [6, 6.07) is 4.63. The second-order valence-electron chi connectivity index (χ2n) is 5.63. The fourth-order valence-electron chi connectivity index (χ4n) is 2.72. The van der Waals surface area contributed by atoms with E-state index in [2.05, 4.69) is 25.6 Å². The van der Waals surface area contributed by atoms with Crippen LogP contribution in [0.25, 0.3) is 10.9 Å². The van der Waals surface area contributed by atoms with Crippen LogP contribution in [0.5, 0.6) is 0 Å². The van der Waals surface area contributed by atoms with Crippen molar-refractivity contribution in [2.24, 2.45) is 4.99 Å². The van der Waals surface area contributed by atoms with Crippen LogP contribution in [0.3, 0.4) is 0 Å². The largest absolute Gasteiger partial charge is 0.361 e. The van der Waals surface area contributed by atoms with Crippen LogP contribution >= 0.6 is 0 Å². The molecule has 6 nitrogen and oxygen atoms in total. The van der Waals surface area contributed by atoms with Gasteiger partial charge in [0.25, 0.3) is 0 Å². The molecule has 0 aliphatic carbocycles. The maximum Gasteiger partial charge on any atom is 0.319 e. The molecule has 9 heteroatoms. The van der Waals surface area contributed by atoms with Crippen LogP contribution in [0.1, 0.15) is 17.9 Å². The van der Waals surface area contributed by atoms with E-state index in [0.29, 0.717) is 18.9 Å². The number of H-pyrrole nitrogens is 1. The number of rotatable bonds is 6. The fourth-order valence-corrected chi connectivity index (χ4v) is 2.72. The standard InChI is InChI=1S/C17H19F3N6/c1-21-17(25-10-15-22-6-7-26(15)16(19)20)23-5-4-11-9-24-14-8-12(18)2-3-13(11)14/h2-3,6-9,16,24H,4-5,10H2,1H3,(H2,21,23,25). The summed E-state index contributed by atoms with van der Waals surface area (Å²) in [5, 5.41) is 7.05. The summed E-state index contributed by atoms with van der Waals surface area (Å²) in [5.41, 5.74) is 1.80. The van der Waals surface area contributed by atoms with Crippen LogP contribution in [0.15, 0.2) is 41.8 Å². The molecule has 2 aromatic heterocycles. The second-order valence-corrected chi connectivity index (χ2v) is 5.63. The minimum atomic E-state index is -2.63. The lowest BCUT2D eigenvalue weighted by molar-refractivity contribution is 0.0668. The number of aromatic nitrogens is 3. The van der Waals surface area contributed by atoms with Crippen LogP contribution in [-0.4, -0.2) is 34.1 Å². The maximum absolute atomic E-state index is 13.2. The van der Waals surface area contributed by atoms with Crippen LogP contribution in [0.4, 0.5) is 13.2 Å². The molecule has 3 rings (SSSR count). The molecule has 0 radical (unpaired) electrons. The zero-order chi connectivity index (χ0) is 18.5. The number of fused-ring (bicyclic) bond motifs is 1. The average Bonchev–Trinajstić information content (AvgIpc) is 3.24. The van der Waals surface area contributed by atoms with E-state index in [0.717, 1.165) is 21.0 Å². The highest BCUT2D eigenvalue weighted by Gasteiger charge is 2.11. The minimum Gasteiger partial charge on any atom is -0.361 e. The molecule has 0 amide bonds. The van der Waals surface area contributed by atoms with Crippen molar-refractivity contribution in [3.05, 3.63) is 54.0 Å². The monoisotopic (exact) mass is 364 g/mol. The van der Waals surface area contributed by atoms with Gasteiger partial charge in [0, 0.05) is 43.1 Å². The maximum atomic E-state index is 13.2. The first-order valence-electron chi connectivity index (χ1n) is 8.08. The number of halogens is 3. The number of alkyl halides is 2. The highest BCUT2D eigenvalue weighted by molar-refractivity contribution is 5.83. The third kappa shape index (κ3) is 3.98. The van der Waals surface area contributed by atoms with E-state index < -0.39 is 6.55 Å². The molecule has 0 bridgehead atoms. The van der Waals surface area contributed by atoms with E-state index in [1.807, 2.05) is 6.20 Å². The number of hydrogen-bond donors (Lipinski definition) is 3. The van der Waals surface area contributed by atoms with Gasteiger partial charge >= 0.3 is 6.55 Å². The zero-order valence-electron chi connectivity index (χ0n) is 14.1. The van der Waals surface area contributed by atoms with Crippen molar-refractivity contribution in [3.8, 4) is 0 Å². The lowest BCUT2D eigenvalue weighted by atomic mass is 10.1. The number of nitrogens with one attached hydrogen (secondary N) is 3. The summed E-state index contributed by atoms with van der Waals surface area (Å²) in [4.78, 5) is 11.0. The summed E-state index contributed by atoms with van der Waals surface area (Å²) in [6.45, 7) is -1.92. The number of benzene rings is 1. The Labute approximate surface area is 148 Å². The van der Waals surface area contributed by atoms with Crippen LogP contribution < -0.4 is 10.6 Å². The van der Waals surface area contributed by atoms with Crippen molar-refractivity contribution in [1.29, 1.82) is 0 Å². The normalized spacial score (nSPS) is 12.1. The van der Waals surface area contributed by atoms with Crippen LogP contribution in [0.2, 0.25) is 0 Å². The van der Waals surface area contributed by atoms with Gasteiger partial charge in [0.2, 0.25) is 0 Å². The Bertz CT molecular complexity index is 899. The van der Waals surface area contributed by atoms with E-state index in [1.165, 1.54) is 24.5 Å². The highest BCUT2D eigenvalue weighted by Crippen LogP contribution is 2.19. The Kier molecular flexibility index (Phi) is 5.45. The Balaban J connectivity index is 1.53. The van der Waals surface area contributed by atoms with Gasteiger partial charge in [0.05, 0.1) is 6.54 Å².